The molecule has 2 N–H and O–H groups in total. The number of nitrogens with zero attached hydrogens (tertiary/aromatic N) is 2. The third-order valence-corrected chi connectivity index (χ3v) is 3.82. The quantitative estimate of drug-likeness (QED) is 0.696. The van der Waals surface area contributed by atoms with E-state index in [0.29, 0.717) is 5.69 Å². The number of hydrogen-bond acceptors (Lipinski definition) is 2. The molecular formula is C10H13N3O. The van der Waals surface area contributed by atoms with E-state index < -0.39 is 5.91 Å². The zero-order valence-corrected chi connectivity index (χ0v) is 8.37. The lowest BCUT2D eigenvalue weighted by Gasteiger charge is -2.04. The molecule has 2 atom stereocenters. The number of hydrogen-bond donors (Lipinski definition) is 1. The second-order valence-corrected chi connectivity index (χ2v) is 4.68. The van der Waals surface area contributed by atoms with Gasteiger partial charge in [-0.1, -0.05) is 6.92 Å². The first-order valence-corrected chi connectivity index (χ1v) is 4.90. The SMILES string of the molecule is Cn1nc(C(N)=O)c2c1CC1CC21C. The Bertz CT molecular complexity index is 448. The largest absolute Gasteiger partial charge is 0.364 e. The highest BCUT2D eigenvalue weighted by molar-refractivity contribution is 5.93. The second kappa shape index (κ2) is 2.02. The van der Waals surface area contributed by atoms with Crippen molar-refractivity contribution in [3.63, 3.8) is 0 Å². The molecule has 0 aromatic carbocycles. The van der Waals surface area contributed by atoms with E-state index in [1.165, 1.54) is 12.1 Å². The van der Waals surface area contributed by atoms with Crippen molar-refractivity contribution in [1.29, 1.82) is 0 Å². The zero-order chi connectivity index (χ0) is 10.1. The Labute approximate surface area is 82.1 Å². The summed E-state index contributed by atoms with van der Waals surface area (Å²) in [6.45, 7) is 2.21. The Hall–Kier alpha value is -1.32. The van der Waals surface area contributed by atoms with Gasteiger partial charge in [0.15, 0.2) is 5.69 Å². The first kappa shape index (κ1) is 8.03. The minimum atomic E-state index is -0.393. The maximum absolute atomic E-state index is 11.2. The molecule has 1 saturated carbocycles. The first-order valence-electron chi connectivity index (χ1n) is 4.90. The topological polar surface area (TPSA) is 60.9 Å². The summed E-state index contributed by atoms with van der Waals surface area (Å²) in [7, 11) is 1.89. The van der Waals surface area contributed by atoms with E-state index >= 15 is 0 Å². The van der Waals surface area contributed by atoms with Gasteiger partial charge < -0.3 is 5.73 Å². The van der Waals surface area contributed by atoms with E-state index in [1.54, 1.807) is 0 Å². The van der Waals surface area contributed by atoms with Gasteiger partial charge in [0.1, 0.15) is 0 Å². The molecule has 1 heterocycles. The Kier molecular flexibility index (Phi) is 1.16. The number of carbonyl (C=O) groups excluding carboxylic acids is 1. The van der Waals surface area contributed by atoms with Gasteiger partial charge in [-0.3, -0.25) is 9.48 Å². The van der Waals surface area contributed by atoms with Crippen LogP contribution in [0.1, 0.15) is 35.1 Å². The van der Waals surface area contributed by atoms with Crippen molar-refractivity contribution < 1.29 is 4.79 Å². The number of nitrogens with two attached hydrogens (primary N) is 1. The number of carbonyl (C=O) groups is 1. The van der Waals surface area contributed by atoms with Gasteiger partial charge in [-0.2, -0.15) is 5.10 Å². The number of fused-ring (bicyclic) bond motifs is 3. The predicted molar refractivity (Wildman–Crippen MR) is 50.9 cm³/mol. The summed E-state index contributed by atoms with van der Waals surface area (Å²) in [5.74, 6) is 0.329. The molecule has 4 nitrogen and oxygen atoms in total. The van der Waals surface area contributed by atoms with Crippen LogP contribution in [0.4, 0.5) is 0 Å². The molecule has 0 bridgehead atoms. The van der Waals surface area contributed by atoms with Crippen molar-refractivity contribution >= 4 is 5.91 Å². The number of amides is 1. The molecule has 1 fully saturated rings. The van der Waals surface area contributed by atoms with Crippen molar-refractivity contribution in [3.8, 4) is 0 Å². The van der Waals surface area contributed by atoms with Crippen molar-refractivity contribution in [2.45, 2.75) is 25.2 Å². The standard InChI is InChI=1S/C10H13N3O/c1-10-4-5(10)3-6-7(10)8(9(11)14)12-13(6)2/h5H,3-4H2,1-2H3,(H2,11,14). The summed E-state index contributed by atoms with van der Waals surface area (Å²) in [6, 6.07) is 0. The molecule has 1 aromatic heterocycles. The molecule has 2 aliphatic carbocycles. The lowest BCUT2D eigenvalue weighted by atomic mass is 9.99. The summed E-state index contributed by atoms with van der Waals surface area (Å²) >= 11 is 0. The van der Waals surface area contributed by atoms with Gasteiger partial charge in [-0.25, -0.2) is 0 Å². The molecule has 0 saturated heterocycles. The molecule has 2 aliphatic rings. The first-order chi connectivity index (χ1) is 6.54. The highest BCUT2D eigenvalue weighted by Crippen LogP contribution is 2.62. The fraction of sp³-hybridized carbons (Fsp3) is 0.600. The molecule has 1 amide bonds. The molecule has 14 heavy (non-hydrogen) atoms. The molecule has 1 aromatic rings. The molecule has 2 unspecified atom stereocenters. The van der Waals surface area contributed by atoms with Crippen LogP contribution in [0.3, 0.4) is 0 Å². The predicted octanol–water partition coefficient (Wildman–Crippen LogP) is 0.353. The summed E-state index contributed by atoms with van der Waals surface area (Å²) < 4.78 is 1.81. The van der Waals surface area contributed by atoms with E-state index in [0.717, 1.165) is 17.9 Å². The Morgan fingerprint density at radius 3 is 3.07 bits per heavy atom. The maximum Gasteiger partial charge on any atom is 0.269 e. The number of primary amides is 1. The summed E-state index contributed by atoms with van der Waals surface area (Å²) in [6.07, 6.45) is 2.24. The van der Waals surface area contributed by atoms with Gasteiger partial charge in [-0.15, -0.1) is 0 Å². The Balaban J connectivity index is 2.26. The highest BCUT2D eigenvalue weighted by Gasteiger charge is 2.59. The van der Waals surface area contributed by atoms with Crippen LogP contribution in [0.15, 0.2) is 0 Å². The average Bonchev–Trinajstić information content (AvgIpc) is 2.50. The third-order valence-electron chi connectivity index (χ3n) is 3.82. The maximum atomic E-state index is 11.2. The van der Waals surface area contributed by atoms with Crippen LogP contribution in [0.25, 0.3) is 0 Å². The fourth-order valence-corrected chi connectivity index (χ4v) is 2.86. The smallest absolute Gasteiger partial charge is 0.269 e. The minimum absolute atomic E-state index is 0.202. The van der Waals surface area contributed by atoms with Gasteiger partial charge >= 0.3 is 0 Å². The van der Waals surface area contributed by atoms with Crippen LogP contribution in [-0.4, -0.2) is 15.7 Å². The number of rotatable bonds is 1. The van der Waals surface area contributed by atoms with Crippen LogP contribution in [0.5, 0.6) is 0 Å². The fourth-order valence-electron chi connectivity index (χ4n) is 2.86. The molecule has 0 spiro atoms. The zero-order valence-electron chi connectivity index (χ0n) is 8.37. The van der Waals surface area contributed by atoms with E-state index in [4.69, 9.17) is 5.73 Å². The van der Waals surface area contributed by atoms with Gasteiger partial charge in [0, 0.05) is 23.7 Å². The molecule has 0 aliphatic heterocycles. The van der Waals surface area contributed by atoms with Crippen molar-refractivity contribution in [1.82, 2.24) is 9.78 Å². The van der Waals surface area contributed by atoms with Crippen LogP contribution < -0.4 is 5.73 Å². The van der Waals surface area contributed by atoms with Crippen LogP contribution in [-0.2, 0) is 18.9 Å². The van der Waals surface area contributed by atoms with Crippen LogP contribution in [0, 0.1) is 5.92 Å². The summed E-state index contributed by atoms with van der Waals surface area (Å²) in [4.78, 5) is 11.2. The van der Waals surface area contributed by atoms with Crippen LogP contribution >= 0.6 is 0 Å². The van der Waals surface area contributed by atoms with Crippen molar-refractivity contribution in [3.05, 3.63) is 17.0 Å². The Morgan fingerprint density at radius 2 is 2.43 bits per heavy atom. The normalized spacial score (nSPS) is 32.6. The van der Waals surface area contributed by atoms with Gasteiger partial charge in [0.05, 0.1) is 0 Å². The van der Waals surface area contributed by atoms with E-state index in [9.17, 15) is 4.79 Å². The average molecular weight is 191 g/mol. The van der Waals surface area contributed by atoms with E-state index in [1.807, 2.05) is 11.7 Å². The molecule has 3 rings (SSSR count). The summed E-state index contributed by atoms with van der Waals surface area (Å²) in [5.41, 5.74) is 8.35. The lowest BCUT2D eigenvalue weighted by molar-refractivity contribution is 0.0993. The van der Waals surface area contributed by atoms with E-state index in [-0.39, 0.29) is 5.41 Å². The number of aryl methyl sites for hydroxylation is 1. The molecular weight excluding hydrogens is 178 g/mol. The van der Waals surface area contributed by atoms with Gasteiger partial charge in [0.2, 0.25) is 0 Å². The summed E-state index contributed by atoms with van der Waals surface area (Å²) in [5, 5.41) is 4.20. The van der Waals surface area contributed by atoms with Gasteiger partial charge in [-0.05, 0) is 18.8 Å². The minimum Gasteiger partial charge on any atom is -0.364 e. The highest BCUT2D eigenvalue weighted by atomic mass is 16.1. The van der Waals surface area contributed by atoms with Crippen molar-refractivity contribution in [2.24, 2.45) is 18.7 Å². The second-order valence-electron chi connectivity index (χ2n) is 4.68. The molecule has 0 radical (unpaired) electrons. The lowest BCUT2D eigenvalue weighted by Crippen LogP contribution is -2.16. The van der Waals surface area contributed by atoms with Crippen molar-refractivity contribution in [2.75, 3.05) is 0 Å². The number of aromatic nitrogens is 2. The third kappa shape index (κ3) is 0.705. The van der Waals surface area contributed by atoms with Crippen LogP contribution in [0.2, 0.25) is 0 Å². The molecule has 4 heteroatoms. The van der Waals surface area contributed by atoms with Gasteiger partial charge in [0.25, 0.3) is 5.91 Å². The monoisotopic (exact) mass is 191 g/mol. The Morgan fingerprint density at radius 1 is 1.71 bits per heavy atom. The van der Waals surface area contributed by atoms with E-state index in [2.05, 4.69) is 12.0 Å². The molecule has 74 valence electrons.